The first-order valence-corrected chi connectivity index (χ1v) is 7.98. The summed E-state index contributed by atoms with van der Waals surface area (Å²) in [6.07, 6.45) is 5.23. The van der Waals surface area contributed by atoms with Crippen LogP contribution in [-0.4, -0.2) is 0 Å². The first-order valence-electron chi connectivity index (χ1n) is 7.19. The van der Waals surface area contributed by atoms with Crippen molar-refractivity contribution in [3.8, 4) is 0 Å². The van der Waals surface area contributed by atoms with Crippen molar-refractivity contribution in [2.45, 2.75) is 31.6 Å². The molecule has 0 fully saturated rings. The van der Waals surface area contributed by atoms with Gasteiger partial charge in [0.25, 0.3) is 0 Å². The minimum atomic E-state index is 0.631. The fourth-order valence-electron chi connectivity index (χ4n) is 3.98. The third kappa shape index (κ3) is 1.87. The normalized spacial score (nSPS) is 24.3. The van der Waals surface area contributed by atoms with Gasteiger partial charge in [-0.15, -0.1) is 0 Å². The molecule has 2 aliphatic carbocycles. The van der Waals surface area contributed by atoms with E-state index in [1.165, 1.54) is 30.2 Å². The molecule has 2 atom stereocenters. The summed E-state index contributed by atoms with van der Waals surface area (Å²) in [7, 11) is 0. The molecular formula is C18H17Br. The van der Waals surface area contributed by atoms with Gasteiger partial charge < -0.3 is 0 Å². The zero-order valence-electron chi connectivity index (χ0n) is 10.9. The molecule has 2 unspecified atom stereocenters. The summed E-state index contributed by atoms with van der Waals surface area (Å²) < 4.78 is 1.22. The standard InChI is InChI=1S/C18H17Br/c19-15-10-9-13-6-8-14-7-5-12-3-1-2-4-16(12)18(14)17(13)11-15/h1-4,9-11,14,18H,5-8H2. The van der Waals surface area contributed by atoms with E-state index in [-0.39, 0.29) is 0 Å². The lowest BCUT2D eigenvalue weighted by atomic mass is 9.66. The van der Waals surface area contributed by atoms with Crippen molar-refractivity contribution in [3.63, 3.8) is 0 Å². The SMILES string of the molecule is Brc1ccc2c(c1)C1c3ccccc3CCC1CC2. The first kappa shape index (κ1) is 11.7. The van der Waals surface area contributed by atoms with Crippen molar-refractivity contribution < 1.29 is 0 Å². The van der Waals surface area contributed by atoms with Gasteiger partial charge in [-0.25, -0.2) is 0 Å². The van der Waals surface area contributed by atoms with Crippen LogP contribution in [-0.2, 0) is 12.8 Å². The average Bonchev–Trinajstić information content (AvgIpc) is 2.46. The molecule has 0 heterocycles. The van der Waals surface area contributed by atoms with Crippen LogP contribution in [0.1, 0.15) is 41.0 Å². The average molecular weight is 313 g/mol. The number of halogens is 1. The summed E-state index contributed by atoms with van der Waals surface area (Å²) >= 11 is 3.65. The summed E-state index contributed by atoms with van der Waals surface area (Å²) in [5.74, 6) is 1.47. The van der Waals surface area contributed by atoms with Crippen LogP contribution in [0.5, 0.6) is 0 Å². The first-order chi connectivity index (χ1) is 9.33. The third-order valence-corrected chi connectivity index (χ3v) is 5.37. The van der Waals surface area contributed by atoms with E-state index < -0.39 is 0 Å². The van der Waals surface area contributed by atoms with Crippen molar-refractivity contribution >= 4 is 15.9 Å². The molecule has 1 heteroatoms. The van der Waals surface area contributed by atoms with E-state index in [2.05, 4.69) is 58.4 Å². The van der Waals surface area contributed by atoms with Gasteiger partial charge in [-0.1, -0.05) is 46.3 Å². The number of rotatable bonds is 0. The Kier molecular flexibility index (Phi) is 2.77. The van der Waals surface area contributed by atoms with Gasteiger partial charge in [-0.2, -0.15) is 0 Å². The second-order valence-electron chi connectivity index (χ2n) is 5.86. The maximum Gasteiger partial charge on any atom is 0.0178 e. The molecule has 0 spiro atoms. The summed E-state index contributed by atoms with van der Waals surface area (Å²) in [4.78, 5) is 0. The third-order valence-electron chi connectivity index (χ3n) is 4.87. The zero-order valence-corrected chi connectivity index (χ0v) is 12.5. The van der Waals surface area contributed by atoms with Crippen LogP contribution in [0.15, 0.2) is 46.9 Å². The fourth-order valence-corrected chi connectivity index (χ4v) is 4.36. The van der Waals surface area contributed by atoms with Crippen LogP contribution in [0.3, 0.4) is 0 Å². The Labute approximate surface area is 123 Å². The van der Waals surface area contributed by atoms with Crippen molar-refractivity contribution in [2.75, 3.05) is 0 Å². The largest absolute Gasteiger partial charge is 0.0620 e. The highest BCUT2D eigenvalue weighted by molar-refractivity contribution is 9.10. The number of aryl methyl sites for hydroxylation is 2. The van der Waals surface area contributed by atoms with Gasteiger partial charge in [-0.3, -0.25) is 0 Å². The molecule has 0 bridgehead atoms. The maximum atomic E-state index is 3.65. The highest BCUT2D eigenvalue weighted by atomic mass is 79.9. The molecule has 0 radical (unpaired) electrons. The molecule has 2 aromatic rings. The Hall–Kier alpha value is -1.08. The highest BCUT2D eigenvalue weighted by Gasteiger charge is 2.34. The van der Waals surface area contributed by atoms with E-state index in [9.17, 15) is 0 Å². The second-order valence-corrected chi connectivity index (χ2v) is 6.77. The molecule has 2 aliphatic rings. The van der Waals surface area contributed by atoms with Gasteiger partial charge in [0.1, 0.15) is 0 Å². The minimum absolute atomic E-state index is 0.631. The number of hydrogen-bond acceptors (Lipinski definition) is 0. The molecule has 2 aromatic carbocycles. The Bertz CT molecular complexity index is 629. The minimum Gasteiger partial charge on any atom is -0.0620 e. The quantitative estimate of drug-likeness (QED) is 0.635. The van der Waals surface area contributed by atoms with Crippen LogP contribution >= 0.6 is 15.9 Å². The molecule has 0 N–H and O–H groups in total. The van der Waals surface area contributed by atoms with Gasteiger partial charge in [0.15, 0.2) is 0 Å². The van der Waals surface area contributed by atoms with Crippen LogP contribution in [0, 0.1) is 5.92 Å². The van der Waals surface area contributed by atoms with E-state index in [4.69, 9.17) is 0 Å². The van der Waals surface area contributed by atoms with Crippen LogP contribution in [0.4, 0.5) is 0 Å². The van der Waals surface area contributed by atoms with Crippen LogP contribution in [0.2, 0.25) is 0 Å². The van der Waals surface area contributed by atoms with E-state index >= 15 is 0 Å². The maximum absolute atomic E-state index is 3.65. The summed E-state index contributed by atoms with van der Waals surface area (Å²) in [6.45, 7) is 0. The predicted molar refractivity (Wildman–Crippen MR) is 82.6 cm³/mol. The van der Waals surface area contributed by atoms with E-state index in [1.807, 2.05) is 0 Å². The molecule has 96 valence electrons. The fraction of sp³-hybridized carbons (Fsp3) is 0.333. The van der Waals surface area contributed by atoms with Crippen molar-refractivity contribution in [1.29, 1.82) is 0 Å². The van der Waals surface area contributed by atoms with E-state index in [0.717, 1.165) is 5.92 Å². The zero-order chi connectivity index (χ0) is 12.8. The predicted octanol–water partition coefficient (Wildman–Crippen LogP) is 5.09. The topological polar surface area (TPSA) is 0 Å². The Morgan fingerprint density at radius 1 is 0.842 bits per heavy atom. The Morgan fingerprint density at radius 2 is 1.58 bits per heavy atom. The van der Waals surface area contributed by atoms with Gasteiger partial charge >= 0.3 is 0 Å². The number of benzene rings is 2. The van der Waals surface area contributed by atoms with Crippen molar-refractivity contribution in [2.24, 2.45) is 5.92 Å². The van der Waals surface area contributed by atoms with Gasteiger partial charge in [0, 0.05) is 10.4 Å². The van der Waals surface area contributed by atoms with Gasteiger partial charge in [-0.05, 0) is 66.0 Å². The van der Waals surface area contributed by atoms with Crippen molar-refractivity contribution in [3.05, 3.63) is 69.2 Å². The summed E-state index contributed by atoms with van der Waals surface area (Å²) in [5.41, 5.74) is 6.27. The molecule has 0 saturated carbocycles. The van der Waals surface area contributed by atoms with E-state index in [0.29, 0.717) is 5.92 Å². The molecule has 4 rings (SSSR count). The monoisotopic (exact) mass is 312 g/mol. The number of hydrogen-bond donors (Lipinski definition) is 0. The van der Waals surface area contributed by atoms with E-state index in [1.54, 1.807) is 22.3 Å². The molecule has 0 amide bonds. The number of fused-ring (bicyclic) bond motifs is 5. The van der Waals surface area contributed by atoms with Crippen LogP contribution < -0.4 is 0 Å². The van der Waals surface area contributed by atoms with Crippen LogP contribution in [0.25, 0.3) is 0 Å². The Balaban J connectivity index is 1.92. The van der Waals surface area contributed by atoms with Crippen molar-refractivity contribution in [1.82, 2.24) is 0 Å². The lowest BCUT2D eigenvalue weighted by Crippen LogP contribution is -2.26. The molecule has 0 saturated heterocycles. The lowest BCUT2D eigenvalue weighted by molar-refractivity contribution is 0.363. The molecule has 19 heavy (non-hydrogen) atoms. The second kappa shape index (κ2) is 4.49. The van der Waals surface area contributed by atoms with Gasteiger partial charge in [0.2, 0.25) is 0 Å². The van der Waals surface area contributed by atoms with Gasteiger partial charge in [0.05, 0.1) is 0 Å². The molecule has 0 nitrogen and oxygen atoms in total. The lowest BCUT2D eigenvalue weighted by Gasteiger charge is -2.38. The molecular weight excluding hydrogens is 296 g/mol. The summed E-state index contributed by atoms with van der Waals surface area (Å²) in [5, 5.41) is 0. The molecule has 0 aliphatic heterocycles. The smallest absolute Gasteiger partial charge is 0.0178 e. The molecule has 0 aromatic heterocycles. The highest BCUT2D eigenvalue weighted by Crippen LogP contribution is 2.47. The summed E-state index contributed by atoms with van der Waals surface area (Å²) in [6, 6.07) is 15.9. The Morgan fingerprint density at radius 3 is 2.42 bits per heavy atom.